The van der Waals surface area contributed by atoms with Crippen LogP contribution in [0.3, 0.4) is 0 Å². The van der Waals surface area contributed by atoms with Crippen molar-refractivity contribution >= 4 is 38.6 Å². The topological polar surface area (TPSA) is 64.4 Å². The number of nitrogens with zero attached hydrogens (tertiary/aromatic N) is 1. The van der Waals surface area contributed by atoms with Crippen molar-refractivity contribution in [3.05, 3.63) is 52.3 Å². The van der Waals surface area contributed by atoms with Gasteiger partial charge in [-0.25, -0.2) is 4.98 Å². The monoisotopic (exact) mass is 388 g/mol. The molecule has 0 bridgehead atoms. The Morgan fingerprint density at radius 2 is 2.12 bits per heavy atom. The molecular formula is C18H17BrN2O3. The summed E-state index contributed by atoms with van der Waals surface area (Å²) in [5.74, 6) is 1.35. The Labute approximate surface area is 148 Å². The lowest BCUT2D eigenvalue weighted by Gasteiger charge is -2.07. The first-order valence-electron chi connectivity index (χ1n) is 7.54. The summed E-state index contributed by atoms with van der Waals surface area (Å²) in [6.07, 6.45) is 1.05. The minimum absolute atomic E-state index is 0.0403. The molecule has 24 heavy (non-hydrogen) atoms. The number of anilines is 1. The molecule has 6 heteroatoms. The molecule has 0 spiro atoms. The fourth-order valence-electron chi connectivity index (χ4n) is 2.47. The molecule has 0 atom stereocenters. The average Bonchev–Trinajstić information content (AvgIpc) is 2.92. The number of ether oxygens (including phenoxy) is 1. The molecule has 124 valence electrons. The minimum atomic E-state index is -0.0403. The van der Waals surface area contributed by atoms with Gasteiger partial charge in [0.15, 0.2) is 11.5 Å². The standard InChI is InChI=1S/C18H17BrN2O3/c1-11-20-15-10-13(5-7-17(15)24-11)21-18(22)8-4-12-3-6-16(23-2)14(19)9-12/h3,5-7,9-10H,4,8H2,1-2H3,(H,21,22). The van der Waals surface area contributed by atoms with Crippen LogP contribution in [0.5, 0.6) is 5.75 Å². The van der Waals surface area contributed by atoms with Gasteiger partial charge >= 0.3 is 0 Å². The molecule has 0 saturated heterocycles. The van der Waals surface area contributed by atoms with Crippen molar-refractivity contribution in [2.45, 2.75) is 19.8 Å². The van der Waals surface area contributed by atoms with Crippen molar-refractivity contribution in [1.29, 1.82) is 0 Å². The second-order valence-corrected chi connectivity index (χ2v) is 6.29. The zero-order valence-electron chi connectivity index (χ0n) is 13.4. The lowest BCUT2D eigenvalue weighted by molar-refractivity contribution is -0.116. The summed E-state index contributed by atoms with van der Waals surface area (Å²) in [7, 11) is 1.63. The number of carbonyl (C=O) groups excluding carboxylic acids is 1. The first kappa shape index (κ1) is 16.5. The Bertz CT molecular complexity index is 889. The third-order valence-corrected chi connectivity index (χ3v) is 4.25. The number of hydrogen-bond donors (Lipinski definition) is 1. The number of rotatable bonds is 5. The number of oxazole rings is 1. The van der Waals surface area contributed by atoms with Gasteiger partial charge in [0.1, 0.15) is 11.3 Å². The second-order valence-electron chi connectivity index (χ2n) is 5.43. The maximum atomic E-state index is 12.1. The summed E-state index contributed by atoms with van der Waals surface area (Å²) in [4.78, 5) is 16.4. The van der Waals surface area contributed by atoms with Crippen LogP contribution in [0.4, 0.5) is 5.69 Å². The summed E-state index contributed by atoms with van der Waals surface area (Å²) in [6.45, 7) is 1.80. The van der Waals surface area contributed by atoms with Crippen molar-refractivity contribution in [3.63, 3.8) is 0 Å². The summed E-state index contributed by atoms with van der Waals surface area (Å²) in [5, 5.41) is 2.89. The lowest BCUT2D eigenvalue weighted by Crippen LogP contribution is -2.12. The molecule has 0 aliphatic carbocycles. The van der Waals surface area contributed by atoms with E-state index in [0.717, 1.165) is 27.0 Å². The number of nitrogens with one attached hydrogen (secondary N) is 1. The third kappa shape index (κ3) is 3.76. The van der Waals surface area contributed by atoms with Crippen LogP contribution >= 0.6 is 15.9 Å². The highest BCUT2D eigenvalue weighted by Gasteiger charge is 2.08. The molecular weight excluding hydrogens is 372 g/mol. The molecule has 3 aromatic rings. The molecule has 0 saturated carbocycles. The maximum absolute atomic E-state index is 12.1. The van der Waals surface area contributed by atoms with Gasteiger partial charge in [0.25, 0.3) is 0 Å². The SMILES string of the molecule is COc1ccc(CCC(=O)Nc2ccc3oc(C)nc3c2)cc1Br. The highest BCUT2D eigenvalue weighted by molar-refractivity contribution is 9.10. The van der Waals surface area contributed by atoms with Gasteiger partial charge in [-0.1, -0.05) is 6.07 Å². The van der Waals surface area contributed by atoms with Crippen molar-refractivity contribution in [2.75, 3.05) is 12.4 Å². The molecule has 5 nitrogen and oxygen atoms in total. The second kappa shape index (κ2) is 7.05. The van der Waals surface area contributed by atoms with Crippen molar-refractivity contribution < 1.29 is 13.9 Å². The molecule has 0 aliphatic rings. The van der Waals surface area contributed by atoms with E-state index in [2.05, 4.69) is 26.2 Å². The normalized spacial score (nSPS) is 10.8. The Kier molecular flexibility index (Phi) is 4.85. The number of methoxy groups -OCH3 is 1. The molecule has 0 fully saturated rings. The maximum Gasteiger partial charge on any atom is 0.224 e. The molecule has 1 amide bonds. The van der Waals surface area contributed by atoms with Gasteiger partial charge in [-0.05, 0) is 58.2 Å². The van der Waals surface area contributed by atoms with E-state index in [4.69, 9.17) is 9.15 Å². The van der Waals surface area contributed by atoms with Crippen LogP contribution < -0.4 is 10.1 Å². The van der Waals surface area contributed by atoms with Gasteiger partial charge in [0, 0.05) is 19.0 Å². The molecule has 1 aromatic heterocycles. The Hall–Kier alpha value is -2.34. The van der Waals surface area contributed by atoms with Gasteiger partial charge < -0.3 is 14.5 Å². The highest BCUT2D eigenvalue weighted by Crippen LogP contribution is 2.26. The van der Waals surface area contributed by atoms with Gasteiger partial charge in [0.05, 0.1) is 11.6 Å². The number of fused-ring (bicyclic) bond motifs is 1. The Balaban J connectivity index is 1.61. The smallest absolute Gasteiger partial charge is 0.224 e. The van der Waals surface area contributed by atoms with Crippen molar-refractivity contribution in [1.82, 2.24) is 4.98 Å². The molecule has 0 aliphatic heterocycles. The predicted octanol–water partition coefficient (Wildman–Crippen LogP) is 4.48. The van der Waals surface area contributed by atoms with Crippen molar-refractivity contribution in [3.8, 4) is 5.75 Å². The van der Waals surface area contributed by atoms with Crippen LogP contribution in [-0.4, -0.2) is 18.0 Å². The highest BCUT2D eigenvalue weighted by atomic mass is 79.9. The number of benzene rings is 2. The largest absolute Gasteiger partial charge is 0.496 e. The van der Waals surface area contributed by atoms with Crippen LogP contribution in [0.1, 0.15) is 17.9 Å². The van der Waals surface area contributed by atoms with Crippen molar-refractivity contribution in [2.24, 2.45) is 0 Å². The molecule has 1 N–H and O–H groups in total. The van der Waals surface area contributed by atoms with E-state index >= 15 is 0 Å². The number of hydrogen-bond acceptors (Lipinski definition) is 4. The van der Waals surface area contributed by atoms with Crippen LogP contribution in [0.2, 0.25) is 0 Å². The number of amides is 1. The van der Waals surface area contributed by atoms with E-state index in [0.29, 0.717) is 24.3 Å². The first-order valence-corrected chi connectivity index (χ1v) is 8.34. The summed E-state index contributed by atoms with van der Waals surface area (Å²) < 4.78 is 11.5. The summed E-state index contributed by atoms with van der Waals surface area (Å²) >= 11 is 3.45. The van der Waals surface area contributed by atoms with Gasteiger partial charge in [-0.2, -0.15) is 0 Å². The van der Waals surface area contributed by atoms with E-state index < -0.39 is 0 Å². The zero-order valence-corrected chi connectivity index (χ0v) is 15.0. The zero-order chi connectivity index (χ0) is 17.1. The van der Waals surface area contributed by atoms with E-state index in [9.17, 15) is 4.79 Å². The van der Waals surface area contributed by atoms with Crippen LogP contribution in [-0.2, 0) is 11.2 Å². The Morgan fingerprint density at radius 3 is 2.88 bits per heavy atom. The number of aryl methyl sites for hydroxylation is 2. The van der Waals surface area contributed by atoms with Crippen LogP contribution in [0.25, 0.3) is 11.1 Å². The van der Waals surface area contributed by atoms with Gasteiger partial charge in [-0.15, -0.1) is 0 Å². The fraction of sp³-hybridized carbons (Fsp3) is 0.222. The summed E-state index contributed by atoms with van der Waals surface area (Å²) in [5.41, 5.74) is 3.25. The minimum Gasteiger partial charge on any atom is -0.496 e. The van der Waals surface area contributed by atoms with E-state index in [1.165, 1.54) is 0 Å². The van der Waals surface area contributed by atoms with E-state index in [-0.39, 0.29) is 5.91 Å². The fourth-order valence-corrected chi connectivity index (χ4v) is 3.06. The quantitative estimate of drug-likeness (QED) is 0.699. The molecule has 1 heterocycles. The average molecular weight is 389 g/mol. The molecule has 0 unspecified atom stereocenters. The van der Waals surface area contributed by atoms with E-state index in [1.807, 2.05) is 36.4 Å². The Morgan fingerprint density at radius 1 is 1.29 bits per heavy atom. The summed E-state index contributed by atoms with van der Waals surface area (Å²) in [6, 6.07) is 11.3. The number of halogens is 1. The molecule has 3 rings (SSSR count). The first-order chi connectivity index (χ1) is 11.5. The van der Waals surface area contributed by atoms with Gasteiger partial charge in [-0.3, -0.25) is 4.79 Å². The van der Waals surface area contributed by atoms with Crippen LogP contribution in [0, 0.1) is 6.92 Å². The number of aromatic nitrogens is 1. The van der Waals surface area contributed by atoms with E-state index in [1.54, 1.807) is 14.0 Å². The lowest BCUT2D eigenvalue weighted by atomic mass is 10.1. The van der Waals surface area contributed by atoms with Gasteiger partial charge in [0.2, 0.25) is 5.91 Å². The molecule has 0 radical (unpaired) electrons. The molecule has 2 aromatic carbocycles. The number of carbonyl (C=O) groups is 1. The van der Waals surface area contributed by atoms with Crippen LogP contribution in [0.15, 0.2) is 45.3 Å². The third-order valence-electron chi connectivity index (χ3n) is 3.64. The predicted molar refractivity (Wildman–Crippen MR) is 96.4 cm³/mol.